The maximum atomic E-state index is 8.52. The van der Waals surface area contributed by atoms with Gasteiger partial charge in [-0.15, -0.1) is 0 Å². The van der Waals surface area contributed by atoms with Crippen molar-refractivity contribution >= 4 is 10.4 Å². The molecular weight excluding hydrogens is 312 g/mol. The molecule has 0 aliphatic carbocycles. The van der Waals surface area contributed by atoms with Gasteiger partial charge in [0.2, 0.25) is 0 Å². The Hall–Kier alpha value is -0.910. The molecule has 1 aromatic carbocycles. The van der Waals surface area contributed by atoms with Gasteiger partial charge in [0.1, 0.15) is 0 Å². The van der Waals surface area contributed by atoms with Crippen LogP contribution in [0, 0.1) is 0 Å². The van der Waals surface area contributed by atoms with Gasteiger partial charge in [-0.2, -0.15) is 0 Å². The van der Waals surface area contributed by atoms with Crippen LogP contribution in [-0.4, -0.2) is 17.5 Å². The van der Waals surface area contributed by atoms with Crippen LogP contribution in [0.4, 0.5) is 0 Å². The van der Waals surface area contributed by atoms with Crippen molar-refractivity contribution in [3.8, 4) is 0 Å². The van der Waals surface area contributed by atoms with Crippen LogP contribution < -0.4 is 0 Å². The molecule has 0 N–H and O–H groups in total. The normalized spacial score (nSPS) is 10.9. The number of hydrogen-bond donors (Lipinski definition) is 0. The van der Waals surface area contributed by atoms with Crippen LogP contribution in [0.1, 0.15) is 76.7 Å². The molecule has 0 atom stereocenters. The maximum absolute atomic E-state index is 8.52. The van der Waals surface area contributed by atoms with Crippen LogP contribution in [0.3, 0.4) is 0 Å². The highest BCUT2D eigenvalue weighted by atomic mass is 32.3. The zero-order valence-corrected chi connectivity index (χ0v) is 15.0. The third kappa shape index (κ3) is 21.1. The van der Waals surface area contributed by atoms with Crippen LogP contribution in [0.5, 0.6) is 0 Å². The van der Waals surface area contributed by atoms with Crippen molar-refractivity contribution in [2.75, 3.05) is 0 Å². The van der Waals surface area contributed by atoms with E-state index in [1.165, 1.54) is 76.2 Å². The van der Waals surface area contributed by atoms with Gasteiger partial charge in [0.05, 0.1) is 0 Å². The second-order valence-corrected chi connectivity index (χ2v) is 6.64. The molecule has 0 heterocycles. The van der Waals surface area contributed by atoms with Crippen LogP contribution in [0.25, 0.3) is 0 Å². The van der Waals surface area contributed by atoms with E-state index in [-0.39, 0.29) is 0 Å². The largest absolute Gasteiger partial charge is 0.759 e. The van der Waals surface area contributed by atoms with Gasteiger partial charge in [-0.1, -0.05) is 95.0 Å². The van der Waals surface area contributed by atoms with E-state index in [0.717, 1.165) is 0 Å². The van der Waals surface area contributed by atoms with Gasteiger partial charge in [0, 0.05) is 10.4 Å². The molecule has 5 heteroatoms. The summed E-state index contributed by atoms with van der Waals surface area (Å²) in [4.78, 5) is 0. The number of rotatable bonds is 11. The SMILES string of the molecule is CCCCCCCCCCCCc1ccccc1.O=S(=O)([O-])[O-]. The molecule has 0 aromatic heterocycles. The second-order valence-electron chi connectivity index (χ2n) is 5.83. The summed E-state index contributed by atoms with van der Waals surface area (Å²) in [5.41, 5.74) is 1.50. The molecular formula is C18H30O4S-2. The lowest BCUT2D eigenvalue weighted by Crippen LogP contribution is -1.91. The number of benzene rings is 1. The van der Waals surface area contributed by atoms with Crippen LogP contribution in [0.15, 0.2) is 30.3 Å². The smallest absolute Gasteiger partial charge is 0.0311 e. The molecule has 0 spiro atoms. The van der Waals surface area contributed by atoms with Gasteiger partial charge in [-0.05, 0) is 18.4 Å². The molecule has 4 nitrogen and oxygen atoms in total. The van der Waals surface area contributed by atoms with Crippen molar-refractivity contribution in [3.05, 3.63) is 35.9 Å². The molecule has 0 saturated carbocycles. The minimum Gasteiger partial charge on any atom is -0.759 e. The molecule has 1 aromatic rings. The summed E-state index contributed by atoms with van der Waals surface area (Å²) < 4.78 is 34.1. The first-order valence-electron chi connectivity index (χ1n) is 8.64. The summed E-state index contributed by atoms with van der Waals surface area (Å²) in [6.07, 6.45) is 15.5. The molecule has 1 rings (SSSR count). The van der Waals surface area contributed by atoms with Crippen molar-refractivity contribution in [2.24, 2.45) is 0 Å². The summed E-state index contributed by atoms with van der Waals surface area (Å²) in [5.74, 6) is 0. The summed E-state index contributed by atoms with van der Waals surface area (Å²) in [7, 11) is -5.17. The average Bonchev–Trinajstić information content (AvgIpc) is 2.48. The van der Waals surface area contributed by atoms with Crippen LogP contribution in [0.2, 0.25) is 0 Å². The lowest BCUT2D eigenvalue weighted by molar-refractivity contribution is 0.352. The summed E-state index contributed by atoms with van der Waals surface area (Å²) in [5, 5.41) is 0. The van der Waals surface area contributed by atoms with E-state index >= 15 is 0 Å². The minimum atomic E-state index is -5.17. The van der Waals surface area contributed by atoms with Gasteiger partial charge < -0.3 is 9.11 Å². The van der Waals surface area contributed by atoms with E-state index in [1.54, 1.807) is 0 Å². The fourth-order valence-corrected chi connectivity index (χ4v) is 2.46. The van der Waals surface area contributed by atoms with E-state index in [4.69, 9.17) is 17.5 Å². The lowest BCUT2D eigenvalue weighted by Gasteiger charge is -2.06. The molecule has 0 unspecified atom stereocenters. The second kappa shape index (κ2) is 14.7. The Bertz CT molecular complexity index is 449. The summed E-state index contributed by atoms with van der Waals surface area (Å²) in [6.45, 7) is 2.28. The molecule has 0 fully saturated rings. The molecule has 0 amide bonds. The average molecular weight is 343 g/mol. The van der Waals surface area contributed by atoms with Crippen LogP contribution >= 0.6 is 0 Å². The van der Waals surface area contributed by atoms with Crippen molar-refractivity contribution in [1.82, 2.24) is 0 Å². The Balaban J connectivity index is 0.000000841. The van der Waals surface area contributed by atoms with Gasteiger partial charge in [-0.3, -0.25) is 8.42 Å². The zero-order valence-electron chi connectivity index (χ0n) is 14.2. The van der Waals surface area contributed by atoms with Gasteiger partial charge >= 0.3 is 0 Å². The van der Waals surface area contributed by atoms with E-state index in [9.17, 15) is 0 Å². The Kier molecular flexibility index (Phi) is 14.1. The summed E-state index contributed by atoms with van der Waals surface area (Å²) in [6, 6.07) is 10.9. The molecule has 0 saturated heterocycles. The fourth-order valence-electron chi connectivity index (χ4n) is 2.46. The third-order valence-electron chi connectivity index (χ3n) is 3.66. The van der Waals surface area contributed by atoms with Gasteiger partial charge in [-0.25, -0.2) is 0 Å². The first-order valence-corrected chi connectivity index (χ1v) is 9.97. The predicted octanol–water partition coefficient (Wildman–Crippen LogP) is 4.81. The van der Waals surface area contributed by atoms with E-state index < -0.39 is 10.4 Å². The number of unbranched alkanes of at least 4 members (excludes halogenated alkanes) is 9. The highest BCUT2D eigenvalue weighted by molar-refractivity contribution is 7.79. The first-order chi connectivity index (χ1) is 10.9. The molecule has 23 heavy (non-hydrogen) atoms. The van der Waals surface area contributed by atoms with Gasteiger partial charge in [0.25, 0.3) is 0 Å². The van der Waals surface area contributed by atoms with E-state index in [1.807, 2.05) is 0 Å². The topological polar surface area (TPSA) is 80.3 Å². The van der Waals surface area contributed by atoms with Crippen molar-refractivity contribution in [1.29, 1.82) is 0 Å². The van der Waals surface area contributed by atoms with E-state index in [2.05, 4.69) is 37.3 Å². The number of hydrogen-bond acceptors (Lipinski definition) is 4. The fraction of sp³-hybridized carbons (Fsp3) is 0.667. The lowest BCUT2D eigenvalue weighted by atomic mass is 10.0. The van der Waals surface area contributed by atoms with Crippen molar-refractivity contribution < 1.29 is 17.5 Å². The molecule has 134 valence electrons. The molecule has 0 bridgehead atoms. The minimum absolute atomic E-state index is 1.26. The number of aryl methyl sites for hydroxylation is 1. The third-order valence-corrected chi connectivity index (χ3v) is 3.66. The Morgan fingerprint density at radius 1 is 0.739 bits per heavy atom. The molecule has 0 aliphatic rings. The van der Waals surface area contributed by atoms with Crippen molar-refractivity contribution in [2.45, 2.75) is 77.6 Å². The van der Waals surface area contributed by atoms with Crippen molar-refractivity contribution in [3.63, 3.8) is 0 Å². The van der Waals surface area contributed by atoms with Crippen LogP contribution in [-0.2, 0) is 16.8 Å². The predicted molar refractivity (Wildman–Crippen MR) is 92.5 cm³/mol. The molecule has 0 radical (unpaired) electrons. The maximum Gasteiger partial charge on any atom is 0.0311 e. The van der Waals surface area contributed by atoms with E-state index in [0.29, 0.717) is 0 Å². The molecule has 0 aliphatic heterocycles. The quantitative estimate of drug-likeness (QED) is 0.328. The standard InChI is InChI=1S/C18H30.H2O4S/c1-2-3-4-5-6-7-8-9-10-12-15-18-16-13-11-14-17-18;1-5(2,3)4/h11,13-14,16-17H,2-10,12,15H2,1H3;(H2,1,2,3,4)/p-2. The van der Waals surface area contributed by atoms with Gasteiger partial charge in [0.15, 0.2) is 0 Å². The monoisotopic (exact) mass is 342 g/mol. The summed E-state index contributed by atoms with van der Waals surface area (Å²) >= 11 is 0. The Labute approximate surface area is 141 Å². The first kappa shape index (κ1) is 22.1. The zero-order chi connectivity index (χ0) is 17.4. The Morgan fingerprint density at radius 3 is 1.57 bits per heavy atom. The highest BCUT2D eigenvalue weighted by Gasteiger charge is 1.94. The Morgan fingerprint density at radius 2 is 1.13 bits per heavy atom. The highest BCUT2D eigenvalue weighted by Crippen LogP contribution is 2.12.